The molecular formula is C21H24N2O4S2. The zero-order valence-electron chi connectivity index (χ0n) is 16.3. The molecule has 1 aromatic heterocycles. The van der Waals surface area contributed by atoms with Crippen molar-refractivity contribution in [1.29, 1.82) is 0 Å². The van der Waals surface area contributed by atoms with E-state index in [4.69, 9.17) is 4.74 Å². The van der Waals surface area contributed by atoms with Crippen molar-refractivity contribution >= 4 is 33.3 Å². The van der Waals surface area contributed by atoms with E-state index in [1.807, 2.05) is 30.5 Å². The maximum atomic E-state index is 13.2. The SMILES string of the molecule is Cc1ccc(S(=O)(=O)N2CCOC23CCN(C(=O)C=Cc2cccs2)CC3)cc1. The average Bonchev–Trinajstić information content (AvgIpc) is 3.37. The first-order chi connectivity index (χ1) is 13.9. The van der Waals surface area contributed by atoms with Crippen LogP contribution in [0.15, 0.2) is 52.7 Å². The van der Waals surface area contributed by atoms with Crippen LogP contribution in [0.4, 0.5) is 0 Å². The maximum absolute atomic E-state index is 13.2. The molecule has 3 heterocycles. The summed E-state index contributed by atoms with van der Waals surface area (Å²) in [6.45, 7) is 3.57. The van der Waals surface area contributed by atoms with Crippen molar-refractivity contribution in [3.8, 4) is 0 Å². The Kier molecular flexibility index (Phi) is 5.61. The number of piperidine rings is 1. The van der Waals surface area contributed by atoms with Gasteiger partial charge in [-0.25, -0.2) is 8.42 Å². The first-order valence-corrected chi connectivity index (χ1v) is 12.0. The van der Waals surface area contributed by atoms with Crippen LogP contribution in [0.1, 0.15) is 23.3 Å². The highest BCUT2D eigenvalue weighted by Gasteiger charge is 2.50. The van der Waals surface area contributed by atoms with Crippen molar-refractivity contribution in [1.82, 2.24) is 9.21 Å². The van der Waals surface area contributed by atoms with Crippen LogP contribution in [-0.2, 0) is 19.6 Å². The van der Waals surface area contributed by atoms with Gasteiger partial charge in [0.15, 0.2) is 0 Å². The first-order valence-electron chi connectivity index (χ1n) is 9.65. The van der Waals surface area contributed by atoms with Crippen molar-refractivity contribution in [3.05, 3.63) is 58.3 Å². The molecule has 2 saturated heterocycles. The van der Waals surface area contributed by atoms with Gasteiger partial charge in [-0.15, -0.1) is 11.3 Å². The largest absolute Gasteiger partial charge is 0.358 e. The number of benzene rings is 1. The fourth-order valence-corrected chi connectivity index (χ4v) is 6.23. The van der Waals surface area contributed by atoms with Gasteiger partial charge in [-0.2, -0.15) is 4.31 Å². The molecule has 29 heavy (non-hydrogen) atoms. The van der Waals surface area contributed by atoms with E-state index in [0.717, 1.165) is 10.4 Å². The maximum Gasteiger partial charge on any atom is 0.246 e. The summed E-state index contributed by atoms with van der Waals surface area (Å²) in [4.78, 5) is 15.6. The first kappa shape index (κ1) is 20.3. The number of carbonyl (C=O) groups excluding carboxylic acids is 1. The number of likely N-dealkylation sites (tertiary alicyclic amines) is 1. The molecule has 0 N–H and O–H groups in total. The van der Waals surface area contributed by atoms with Crippen LogP contribution in [0.3, 0.4) is 0 Å². The molecule has 1 amide bonds. The quantitative estimate of drug-likeness (QED) is 0.697. The van der Waals surface area contributed by atoms with E-state index in [9.17, 15) is 13.2 Å². The number of amides is 1. The number of rotatable bonds is 4. The lowest BCUT2D eigenvalue weighted by Crippen LogP contribution is -2.55. The third-order valence-electron chi connectivity index (χ3n) is 5.52. The number of thiophene rings is 1. The van der Waals surface area contributed by atoms with Gasteiger partial charge in [0.25, 0.3) is 0 Å². The number of sulfonamides is 1. The predicted molar refractivity (Wildman–Crippen MR) is 113 cm³/mol. The van der Waals surface area contributed by atoms with E-state index in [0.29, 0.717) is 39.1 Å². The minimum Gasteiger partial charge on any atom is -0.358 e. The van der Waals surface area contributed by atoms with Crippen molar-refractivity contribution in [2.75, 3.05) is 26.2 Å². The van der Waals surface area contributed by atoms with Crippen LogP contribution < -0.4 is 0 Å². The monoisotopic (exact) mass is 432 g/mol. The third kappa shape index (κ3) is 4.02. The number of nitrogens with zero attached hydrogens (tertiary/aromatic N) is 2. The molecule has 0 aliphatic carbocycles. The van der Waals surface area contributed by atoms with Gasteiger partial charge < -0.3 is 9.64 Å². The van der Waals surface area contributed by atoms with E-state index < -0.39 is 15.7 Å². The van der Waals surface area contributed by atoms with Gasteiger partial charge in [-0.1, -0.05) is 23.8 Å². The van der Waals surface area contributed by atoms with Crippen LogP contribution in [0.25, 0.3) is 6.08 Å². The second-order valence-corrected chi connectivity index (χ2v) is 10.2. The lowest BCUT2D eigenvalue weighted by atomic mass is 10.0. The summed E-state index contributed by atoms with van der Waals surface area (Å²) in [5, 5.41) is 1.97. The molecule has 154 valence electrons. The topological polar surface area (TPSA) is 66.9 Å². The highest BCUT2D eigenvalue weighted by atomic mass is 32.2. The second kappa shape index (κ2) is 8.02. The minimum absolute atomic E-state index is 0.0563. The standard InChI is InChI=1S/C21H24N2O4S2/c1-17-4-7-19(8-5-17)29(25,26)23-14-15-27-21(23)10-12-22(13-11-21)20(24)9-6-18-3-2-16-28-18/h2-9,16H,10-15H2,1H3. The molecule has 1 aromatic carbocycles. The molecule has 0 bridgehead atoms. The second-order valence-electron chi connectivity index (χ2n) is 7.36. The molecule has 0 saturated carbocycles. The van der Waals surface area contributed by atoms with Crippen LogP contribution in [-0.4, -0.2) is 55.5 Å². The number of carbonyl (C=O) groups is 1. The number of hydrogen-bond acceptors (Lipinski definition) is 5. The molecule has 2 aromatic rings. The Bertz CT molecular complexity index is 990. The number of aryl methyl sites for hydroxylation is 1. The van der Waals surface area contributed by atoms with E-state index >= 15 is 0 Å². The molecular weight excluding hydrogens is 408 g/mol. The molecule has 0 radical (unpaired) electrons. The summed E-state index contributed by atoms with van der Waals surface area (Å²) in [6.07, 6.45) is 4.34. The summed E-state index contributed by atoms with van der Waals surface area (Å²) >= 11 is 1.58. The van der Waals surface area contributed by atoms with Crippen LogP contribution >= 0.6 is 11.3 Å². The van der Waals surface area contributed by atoms with Gasteiger partial charge in [0, 0.05) is 43.4 Å². The molecule has 0 unspecified atom stereocenters. The molecule has 2 aliphatic heterocycles. The average molecular weight is 433 g/mol. The van der Waals surface area contributed by atoms with Crippen LogP contribution in [0.5, 0.6) is 0 Å². The van der Waals surface area contributed by atoms with Gasteiger partial charge in [0.2, 0.25) is 15.9 Å². The smallest absolute Gasteiger partial charge is 0.246 e. The molecule has 2 fully saturated rings. The molecule has 4 rings (SSSR count). The van der Waals surface area contributed by atoms with Gasteiger partial charge in [-0.3, -0.25) is 4.79 Å². The lowest BCUT2D eigenvalue weighted by Gasteiger charge is -2.42. The Labute approximate surface area is 175 Å². The lowest BCUT2D eigenvalue weighted by molar-refractivity contribution is -0.135. The highest BCUT2D eigenvalue weighted by Crippen LogP contribution is 2.38. The molecule has 2 aliphatic rings. The van der Waals surface area contributed by atoms with Crippen LogP contribution in [0, 0.1) is 6.92 Å². The van der Waals surface area contributed by atoms with Crippen molar-refractivity contribution < 1.29 is 17.9 Å². The van der Waals surface area contributed by atoms with Crippen molar-refractivity contribution in [3.63, 3.8) is 0 Å². The summed E-state index contributed by atoms with van der Waals surface area (Å²) in [7, 11) is -3.65. The zero-order valence-corrected chi connectivity index (χ0v) is 17.9. The van der Waals surface area contributed by atoms with E-state index in [1.165, 1.54) is 4.31 Å². The summed E-state index contributed by atoms with van der Waals surface area (Å²) in [5.74, 6) is -0.0563. The van der Waals surface area contributed by atoms with E-state index in [1.54, 1.807) is 46.6 Å². The Morgan fingerprint density at radius 2 is 1.86 bits per heavy atom. The fraction of sp³-hybridized carbons (Fsp3) is 0.381. The summed E-state index contributed by atoms with van der Waals surface area (Å²) in [6, 6.07) is 10.8. The van der Waals surface area contributed by atoms with Crippen molar-refractivity contribution in [2.45, 2.75) is 30.4 Å². The Balaban J connectivity index is 1.46. The highest BCUT2D eigenvalue weighted by molar-refractivity contribution is 7.89. The number of hydrogen-bond donors (Lipinski definition) is 0. The molecule has 0 atom stereocenters. The van der Waals surface area contributed by atoms with Crippen molar-refractivity contribution in [2.24, 2.45) is 0 Å². The minimum atomic E-state index is -3.65. The van der Waals surface area contributed by atoms with Crippen LogP contribution in [0.2, 0.25) is 0 Å². The van der Waals surface area contributed by atoms with Gasteiger partial charge >= 0.3 is 0 Å². The zero-order chi connectivity index (χ0) is 20.5. The van der Waals surface area contributed by atoms with Gasteiger partial charge in [-0.05, 0) is 36.6 Å². The predicted octanol–water partition coefficient (Wildman–Crippen LogP) is 3.11. The Morgan fingerprint density at radius 1 is 1.14 bits per heavy atom. The van der Waals surface area contributed by atoms with Gasteiger partial charge in [0.05, 0.1) is 11.5 Å². The molecule has 8 heteroatoms. The Hall–Kier alpha value is -2.00. The third-order valence-corrected chi connectivity index (χ3v) is 8.32. The fourth-order valence-electron chi connectivity index (χ4n) is 3.89. The Morgan fingerprint density at radius 3 is 2.52 bits per heavy atom. The van der Waals surface area contributed by atoms with Gasteiger partial charge in [0.1, 0.15) is 5.72 Å². The summed E-state index contributed by atoms with van der Waals surface area (Å²) in [5.41, 5.74) is 0.150. The van der Waals surface area contributed by atoms with E-state index in [-0.39, 0.29) is 10.8 Å². The normalized spacial score (nSPS) is 20.0. The number of ether oxygens (including phenoxy) is 1. The molecule has 6 nitrogen and oxygen atoms in total. The van der Waals surface area contributed by atoms with E-state index in [2.05, 4.69) is 0 Å². The summed E-state index contributed by atoms with van der Waals surface area (Å²) < 4.78 is 33.9. The molecule has 1 spiro atoms.